The van der Waals surface area contributed by atoms with Crippen molar-refractivity contribution in [2.75, 3.05) is 105 Å². The summed E-state index contributed by atoms with van der Waals surface area (Å²) in [6, 6.07) is 44.8. The van der Waals surface area contributed by atoms with Crippen LogP contribution in [0.5, 0.6) is 23.0 Å². The molecule has 108 heavy (non-hydrogen) atoms. The van der Waals surface area contributed by atoms with Gasteiger partial charge in [0.15, 0.2) is 0 Å². The first-order valence-corrected chi connectivity index (χ1v) is 45.9. The van der Waals surface area contributed by atoms with Crippen LogP contribution < -0.4 is 40.2 Å². The Balaban J connectivity index is 1.16. The van der Waals surface area contributed by atoms with E-state index in [9.17, 15) is 19.2 Å². The van der Waals surface area contributed by atoms with Crippen LogP contribution >= 0.6 is 0 Å². The van der Waals surface area contributed by atoms with Crippen molar-refractivity contribution in [1.82, 2.24) is 21.3 Å². The molecule has 0 aliphatic carbocycles. The van der Waals surface area contributed by atoms with Gasteiger partial charge in [0, 0.05) is 130 Å². The van der Waals surface area contributed by atoms with Crippen LogP contribution in [-0.2, 0) is 53.1 Å². The molecule has 24 nitrogen and oxygen atoms in total. The van der Waals surface area contributed by atoms with Gasteiger partial charge >= 0.3 is 59.6 Å². The highest BCUT2D eigenvalue weighted by Crippen LogP contribution is 2.49. The number of benzene rings is 8. The molecule has 8 rings (SSSR count). The van der Waals surface area contributed by atoms with Crippen molar-refractivity contribution in [3.63, 3.8) is 0 Å². The van der Waals surface area contributed by atoms with E-state index in [1.165, 1.54) is 0 Å². The fourth-order valence-electron chi connectivity index (χ4n) is 13.3. The molecule has 4 N–H and O–H groups in total. The molecule has 0 unspecified atom stereocenters. The molecule has 0 bridgehead atoms. The Labute approximate surface area is 640 Å². The lowest BCUT2D eigenvalue weighted by molar-refractivity contribution is 0.0700. The number of rotatable bonds is 48. The van der Waals surface area contributed by atoms with Crippen LogP contribution in [0, 0.1) is 0 Å². The Morgan fingerprint density at radius 3 is 0.574 bits per heavy atom. The van der Waals surface area contributed by atoms with E-state index in [1.54, 1.807) is 48.5 Å². The molecule has 0 spiro atoms. The summed E-state index contributed by atoms with van der Waals surface area (Å²) in [5.74, 6) is 1.38. The number of hydrogen-bond donors (Lipinski definition) is 4. The van der Waals surface area contributed by atoms with Gasteiger partial charge in [-0.3, -0.25) is 0 Å². The third kappa shape index (κ3) is 23.7. The molecule has 0 heterocycles. The number of hydrogen-bond acceptors (Lipinski definition) is 20. The first-order valence-electron chi connectivity index (χ1n) is 38.2. The highest BCUT2D eigenvalue weighted by Gasteiger charge is 2.43. The summed E-state index contributed by atoms with van der Waals surface area (Å²) in [7, 11) is -11.7. The predicted molar refractivity (Wildman–Crippen MR) is 428 cm³/mol. The van der Waals surface area contributed by atoms with E-state index in [2.05, 4.69) is 57.7 Å². The first kappa shape index (κ1) is 85.9. The van der Waals surface area contributed by atoms with Crippen LogP contribution in [-0.4, -0.2) is 165 Å². The van der Waals surface area contributed by atoms with Gasteiger partial charge in [-0.2, -0.15) is 0 Å². The minimum atomic E-state index is -2.91. The second-order valence-corrected chi connectivity index (χ2v) is 35.6. The smallest absolute Gasteiger partial charge is 0.410 e. The first-order chi connectivity index (χ1) is 52.5. The molecule has 586 valence electrons. The Kier molecular flexibility index (Phi) is 34.7. The SMILES string of the molecule is CCO[Si](CCCNC(=O)Oc1ccc(-c2cc(-c3ccc(OC(=O)NCCC[Si](OCC)(OCC)OCC)cc3)c3ccc4c(-c5ccc(OC(=O)NCCC[Si](OCC)(OCC)OCC)cc5)cc(-c5ccc(OC(=O)NCCC[Si](OCC)(OCC)OCC)cc5)c5ccc2c3c54)cc1)(OCC)OCC. The lowest BCUT2D eigenvalue weighted by Gasteiger charge is -2.28. The lowest BCUT2D eigenvalue weighted by Crippen LogP contribution is -2.46. The van der Waals surface area contributed by atoms with Crippen molar-refractivity contribution < 1.29 is 91.2 Å². The highest BCUT2D eigenvalue weighted by atomic mass is 28.4. The van der Waals surface area contributed by atoms with E-state index in [-0.39, 0.29) is 0 Å². The molecule has 0 aliphatic heterocycles. The van der Waals surface area contributed by atoms with Gasteiger partial charge in [0.1, 0.15) is 23.0 Å². The average Bonchev–Trinajstić information content (AvgIpc) is 0.708. The molecule has 8 aromatic rings. The normalized spacial score (nSPS) is 12.1. The maximum Gasteiger partial charge on any atom is 0.500 e. The maximum absolute atomic E-state index is 13.4. The molecular formula is C80H110N4O20Si4. The Morgan fingerprint density at radius 2 is 0.417 bits per heavy atom. The summed E-state index contributed by atoms with van der Waals surface area (Å²) >= 11 is 0. The fourth-order valence-corrected chi connectivity index (χ4v) is 23.8. The Morgan fingerprint density at radius 1 is 0.250 bits per heavy atom. The highest BCUT2D eigenvalue weighted by molar-refractivity contribution is 6.62. The maximum atomic E-state index is 13.4. The lowest BCUT2D eigenvalue weighted by atomic mass is 9.82. The predicted octanol–water partition coefficient (Wildman–Crippen LogP) is 17.4. The average molecular weight is 1560 g/mol. The van der Waals surface area contributed by atoms with Crippen LogP contribution in [0.1, 0.15) is 109 Å². The molecular weight excluding hydrogens is 1450 g/mol. The molecule has 0 aliphatic rings. The van der Waals surface area contributed by atoms with Crippen molar-refractivity contribution in [1.29, 1.82) is 0 Å². The molecule has 0 saturated carbocycles. The largest absolute Gasteiger partial charge is 0.500 e. The number of ether oxygens (including phenoxy) is 4. The van der Waals surface area contributed by atoms with Gasteiger partial charge in [0.05, 0.1) is 0 Å². The van der Waals surface area contributed by atoms with Crippen LogP contribution in [0.4, 0.5) is 19.2 Å². The van der Waals surface area contributed by atoms with Crippen molar-refractivity contribution in [2.45, 2.75) is 133 Å². The fraction of sp³-hybridized carbons (Fsp3) is 0.450. The monoisotopic (exact) mass is 1560 g/mol. The van der Waals surface area contributed by atoms with E-state index >= 15 is 0 Å². The Hall–Kier alpha value is -7.73. The van der Waals surface area contributed by atoms with Gasteiger partial charge in [-0.25, -0.2) is 19.2 Å². The molecule has 8 aromatic carbocycles. The standard InChI is InChI=1S/C80H110N4O20Si4/c1-13-89-105(90-14-2,91-15-3)53-25-49-81-77(85)101-63-37-29-59(30-38-63)71-57-72(60-31-39-64(40-32-60)102-78(86)82-50-26-54-106(92-16-4,93-17-5)94-18-6)68-47-48-70-74(62-35-43-66(44-36-62)104-80(88)84-52-28-56-108(98-22-10,99-23-11)100-24-12)58-73(69-46-45-67(71)75(68)76(69)70)61-33-41-65(42-34-61)103-79(87)83-51-27-55-107(95-19-7,96-20-8)97-21-9/h29-48,57-58H,13-28,49-56H2,1-12H3,(H,81,85)(H,82,86)(H,83,87)(H,84,88). The molecule has 4 amide bonds. The molecule has 0 radical (unpaired) electrons. The summed E-state index contributed by atoms with van der Waals surface area (Å²) in [5, 5.41) is 17.2. The second kappa shape index (κ2) is 43.6. The minimum Gasteiger partial charge on any atom is -0.410 e. The molecule has 0 aromatic heterocycles. The van der Waals surface area contributed by atoms with E-state index in [0.29, 0.717) is 178 Å². The number of nitrogens with one attached hydrogen (secondary N) is 4. The van der Waals surface area contributed by atoms with E-state index < -0.39 is 59.6 Å². The zero-order valence-corrected chi connectivity index (χ0v) is 68.8. The van der Waals surface area contributed by atoms with Crippen LogP contribution in [0.25, 0.3) is 76.8 Å². The van der Waals surface area contributed by atoms with Crippen molar-refractivity contribution >= 4 is 91.9 Å². The van der Waals surface area contributed by atoms with E-state index in [4.69, 9.17) is 72.1 Å². The zero-order valence-electron chi connectivity index (χ0n) is 64.8. The third-order valence-corrected chi connectivity index (χ3v) is 30.1. The summed E-state index contributed by atoms with van der Waals surface area (Å²) in [6.07, 6.45) is -0.160. The molecule has 0 fully saturated rings. The van der Waals surface area contributed by atoms with Gasteiger partial charge in [0.25, 0.3) is 0 Å². The summed E-state index contributed by atoms with van der Waals surface area (Å²) in [5.41, 5.74) is 6.95. The third-order valence-electron chi connectivity index (χ3n) is 17.5. The summed E-state index contributed by atoms with van der Waals surface area (Å²) in [4.78, 5) is 53.5. The quantitative estimate of drug-likeness (QED) is 0.0157. The zero-order chi connectivity index (χ0) is 77.4. The van der Waals surface area contributed by atoms with Gasteiger partial charge < -0.3 is 93.3 Å². The number of carbonyl (C=O) groups is 4. The van der Waals surface area contributed by atoms with E-state index in [1.807, 2.05) is 132 Å². The van der Waals surface area contributed by atoms with Crippen LogP contribution in [0.15, 0.2) is 133 Å². The van der Waals surface area contributed by atoms with Gasteiger partial charge in [-0.15, -0.1) is 0 Å². The molecule has 0 saturated heterocycles. The second-order valence-electron chi connectivity index (χ2n) is 24.7. The Bertz CT molecular complexity index is 3510. The summed E-state index contributed by atoms with van der Waals surface area (Å²) in [6.45, 7) is 29.7. The van der Waals surface area contributed by atoms with Gasteiger partial charge in [-0.05, 0) is 246 Å². The minimum absolute atomic E-state index is 0.321. The van der Waals surface area contributed by atoms with Crippen LogP contribution in [0.2, 0.25) is 24.2 Å². The molecule has 28 heteroatoms. The summed E-state index contributed by atoms with van der Waals surface area (Å²) < 4.78 is 95.7. The van der Waals surface area contributed by atoms with Gasteiger partial charge in [0.2, 0.25) is 0 Å². The number of carbonyl (C=O) groups excluding carboxylic acids is 4. The topological polar surface area (TPSA) is 264 Å². The van der Waals surface area contributed by atoms with Crippen molar-refractivity contribution in [2.24, 2.45) is 0 Å². The number of amides is 4. The van der Waals surface area contributed by atoms with Crippen molar-refractivity contribution in [3.8, 4) is 67.5 Å². The molecule has 0 atom stereocenters. The van der Waals surface area contributed by atoms with Crippen molar-refractivity contribution in [3.05, 3.63) is 133 Å². The van der Waals surface area contributed by atoms with Gasteiger partial charge in [-0.1, -0.05) is 72.8 Å². The van der Waals surface area contributed by atoms with Crippen LogP contribution in [0.3, 0.4) is 0 Å². The van der Waals surface area contributed by atoms with E-state index in [0.717, 1.165) is 76.8 Å².